The summed E-state index contributed by atoms with van der Waals surface area (Å²) in [7, 11) is 0. The van der Waals surface area contributed by atoms with Crippen molar-refractivity contribution < 1.29 is 14.4 Å². The van der Waals surface area contributed by atoms with Crippen LogP contribution < -0.4 is 5.32 Å². The molecule has 5 nitrogen and oxygen atoms in total. The largest absolute Gasteiger partial charge is 0.326 e. The average Bonchev–Trinajstić information content (AvgIpc) is 3.16. The lowest BCUT2D eigenvalue weighted by Crippen LogP contribution is -2.33. The molecule has 0 radical (unpaired) electrons. The molecule has 0 saturated carbocycles. The molecule has 0 aromatic heterocycles. The Bertz CT molecular complexity index is 957. The van der Waals surface area contributed by atoms with E-state index in [1.807, 2.05) is 31.2 Å². The number of nitrogens with zero attached hydrogens (tertiary/aromatic N) is 1. The van der Waals surface area contributed by atoms with Gasteiger partial charge in [0.1, 0.15) is 0 Å². The third kappa shape index (κ3) is 2.71. The second kappa shape index (κ2) is 6.26. The first-order valence-electron chi connectivity index (χ1n) is 8.59. The van der Waals surface area contributed by atoms with Gasteiger partial charge < -0.3 is 5.32 Å². The highest BCUT2D eigenvalue weighted by Gasteiger charge is 2.24. The van der Waals surface area contributed by atoms with Crippen LogP contribution in [-0.4, -0.2) is 29.2 Å². The van der Waals surface area contributed by atoms with Crippen LogP contribution in [0, 0.1) is 6.92 Å². The molecule has 0 fully saturated rings. The van der Waals surface area contributed by atoms with Crippen molar-refractivity contribution >= 4 is 23.4 Å². The van der Waals surface area contributed by atoms with Gasteiger partial charge in [-0.2, -0.15) is 0 Å². The Labute approximate surface area is 151 Å². The van der Waals surface area contributed by atoms with Gasteiger partial charge in [-0.1, -0.05) is 30.3 Å². The predicted octanol–water partition coefficient (Wildman–Crippen LogP) is 2.82. The van der Waals surface area contributed by atoms with Crippen molar-refractivity contribution in [3.05, 3.63) is 65.2 Å². The molecule has 1 N–H and O–H groups in total. The smallest absolute Gasteiger partial charge is 0.253 e. The van der Waals surface area contributed by atoms with E-state index in [0.29, 0.717) is 0 Å². The van der Waals surface area contributed by atoms with Gasteiger partial charge in [0.15, 0.2) is 0 Å². The molecule has 2 aromatic carbocycles. The monoisotopic (exact) mass is 346 g/mol. The molecule has 130 valence electrons. The van der Waals surface area contributed by atoms with E-state index in [1.54, 1.807) is 0 Å². The number of carbonyl (C=O) groups is 3. The van der Waals surface area contributed by atoms with E-state index < -0.39 is 0 Å². The normalized spacial score (nSPS) is 14.6. The van der Waals surface area contributed by atoms with E-state index in [2.05, 4.69) is 17.4 Å². The zero-order valence-corrected chi connectivity index (χ0v) is 14.4. The maximum atomic E-state index is 12.3. The maximum Gasteiger partial charge on any atom is 0.253 e. The molecule has 2 aromatic rings. The molecule has 1 heterocycles. The van der Waals surface area contributed by atoms with Crippen molar-refractivity contribution in [1.82, 2.24) is 4.90 Å². The highest BCUT2D eigenvalue weighted by molar-refractivity contribution is 6.13. The van der Waals surface area contributed by atoms with Crippen LogP contribution in [0.1, 0.15) is 23.1 Å². The van der Waals surface area contributed by atoms with Gasteiger partial charge in [-0.25, -0.2) is 0 Å². The standard InChI is InChI=1S/C21H18N2O3/c1-13-17-12-14-4-2-3-5-15(14)16(17)6-7-18(13)22-19(24)10-11-23-20(25)8-9-21(23)26/h2-9H,10-12H2,1H3,(H,22,24). The van der Waals surface area contributed by atoms with Crippen molar-refractivity contribution in [3.63, 3.8) is 0 Å². The summed E-state index contributed by atoms with van der Waals surface area (Å²) in [5.41, 5.74) is 6.84. The van der Waals surface area contributed by atoms with E-state index in [-0.39, 0.29) is 30.7 Å². The number of nitrogens with one attached hydrogen (secondary N) is 1. The first-order valence-corrected chi connectivity index (χ1v) is 8.59. The predicted molar refractivity (Wildman–Crippen MR) is 98.5 cm³/mol. The van der Waals surface area contributed by atoms with Crippen molar-refractivity contribution in [3.8, 4) is 11.1 Å². The summed E-state index contributed by atoms with van der Waals surface area (Å²) >= 11 is 0. The minimum absolute atomic E-state index is 0.0793. The van der Waals surface area contributed by atoms with E-state index in [0.717, 1.165) is 22.6 Å². The van der Waals surface area contributed by atoms with Gasteiger partial charge in [-0.3, -0.25) is 19.3 Å². The minimum Gasteiger partial charge on any atom is -0.326 e. The second-order valence-corrected chi connectivity index (χ2v) is 6.56. The third-order valence-corrected chi connectivity index (χ3v) is 5.01. The Morgan fingerprint density at radius 3 is 2.54 bits per heavy atom. The Balaban J connectivity index is 1.46. The number of fused-ring (bicyclic) bond motifs is 3. The number of benzene rings is 2. The molecule has 4 rings (SSSR count). The van der Waals surface area contributed by atoms with Crippen LogP contribution in [0.4, 0.5) is 5.69 Å². The lowest BCUT2D eigenvalue weighted by atomic mass is 10.0. The van der Waals surface area contributed by atoms with Gasteiger partial charge in [0, 0.05) is 30.8 Å². The molecule has 5 heteroatoms. The third-order valence-electron chi connectivity index (χ3n) is 5.01. The highest BCUT2D eigenvalue weighted by Crippen LogP contribution is 2.40. The van der Waals surface area contributed by atoms with Gasteiger partial charge in [-0.05, 0) is 47.2 Å². The summed E-state index contributed by atoms with van der Waals surface area (Å²) in [5, 5.41) is 2.91. The highest BCUT2D eigenvalue weighted by atomic mass is 16.2. The topological polar surface area (TPSA) is 66.5 Å². The van der Waals surface area contributed by atoms with E-state index in [4.69, 9.17) is 0 Å². The number of imide groups is 1. The number of hydrogen-bond donors (Lipinski definition) is 1. The summed E-state index contributed by atoms with van der Waals surface area (Å²) in [6.45, 7) is 2.10. The SMILES string of the molecule is Cc1c(NC(=O)CCN2C(=O)C=CC2=O)ccc2c1Cc1ccccc1-2. The molecular weight excluding hydrogens is 328 g/mol. The Hall–Kier alpha value is -3.21. The molecule has 0 unspecified atom stereocenters. The molecule has 3 amide bonds. The second-order valence-electron chi connectivity index (χ2n) is 6.56. The van der Waals surface area contributed by atoms with Crippen LogP contribution >= 0.6 is 0 Å². The Morgan fingerprint density at radius 1 is 1.04 bits per heavy atom. The number of carbonyl (C=O) groups excluding carboxylic acids is 3. The number of hydrogen-bond acceptors (Lipinski definition) is 3. The van der Waals surface area contributed by atoms with E-state index in [1.165, 1.54) is 34.4 Å². The molecule has 0 bridgehead atoms. The Morgan fingerprint density at radius 2 is 1.77 bits per heavy atom. The molecule has 1 aliphatic heterocycles. The number of anilines is 1. The number of rotatable bonds is 4. The summed E-state index contributed by atoms with van der Waals surface area (Å²) < 4.78 is 0. The maximum absolute atomic E-state index is 12.3. The van der Waals surface area contributed by atoms with Crippen molar-refractivity contribution in [2.45, 2.75) is 19.8 Å². The minimum atomic E-state index is -0.366. The fourth-order valence-corrected chi connectivity index (χ4v) is 3.58. The van der Waals surface area contributed by atoms with Crippen molar-refractivity contribution in [1.29, 1.82) is 0 Å². The molecule has 0 atom stereocenters. The van der Waals surface area contributed by atoms with E-state index >= 15 is 0 Å². The van der Waals surface area contributed by atoms with Gasteiger partial charge in [-0.15, -0.1) is 0 Å². The number of amides is 3. The van der Waals surface area contributed by atoms with Gasteiger partial charge >= 0.3 is 0 Å². The molecule has 0 spiro atoms. The van der Waals surface area contributed by atoms with Crippen molar-refractivity contribution in [2.75, 3.05) is 11.9 Å². The summed E-state index contributed by atoms with van der Waals surface area (Å²) in [6, 6.07) is 12.3. The quantitative estimate of drug-likeness (QED) is 0.739. The molecule has 1 aliphatic carbocycles. The van der Waals surface area contributed by atoms with Crippen LogP contribution in [-0.2, 0) is 20.8 Å². The van der Waals surface area contributed by atoms with Crippen LogP contribution in [0.25, 0.3) is 11.1 Å². The summed E-state index contributed by atoms with van der Waals surface area (Å²) in [5.74, 6) is -0.945. The Kier molecular flexibility index (Phi) is 3.92. The van der Waals surface area contributed by atoms with Crippen LogP contribution in [0.2, 0.25) is 0 Å². The first-order chi connectivity index (χ1) is 12.5. The molecule has 26 heavy (non-hydrogen) atoms. The average molecular weight is 346 g/mol. The van der Waals surface area contributed by atoms with Crippen molar-refractivity contribution in [2.24, 2.45) is 0 Å². The first kappa shape index (κ1) is 16.3. The molecule has 0 saturated heterocycles. The van der Waals surface area contributed by atoms with Crippen LogP contribution in [0.3, 0.4) is 0 Å². The van der Waals surface area contributed by atoms with Gasteiger partial charge in [0.2, 0.25) is 5.91 Å². The molecular formula is C21H18N2O3. The van der Waals surface area contributed by atoms with Gasteiger partial charge in [0.25, 0.3) is 11.8 Å². The summed E-state index contributed by atoms with van der Waals surface area (Å²) in [6.07, 6.45) is 3.39. The van der Waals surface area contributed by atoms with Crippen LogP contribution in [0.15, 0.2) is 48.6 Å². The lowest BCUT2D eigenvalue weighted by Gasteiger charge is -2.15. The summed E-state index contributed by atoms with van der Waals surface area (Å²) in [4.78, 5) is 36.4. The van der Waals surface area contributed by atoms with Crippen LogP contribution in [0.5, 0.6) is 0 Å². The zero-order valence-electron chi connectivity index (χ0n) is 14.4. The fraction of sp³-hybridized carbons (Fsp3) is 0.190. The zero-order chi connectivity index (χ0) is 18.3. The molecule has 2 aliphatic rings. The lowest BCUT2D eigenvalue weighted by molar-refractivity contribution is -0.137. The van der Waals surface area contributed by atoms with Gasteiger partial charge in [0.05, 0.1) is 0 Å². The fourth-order valence-electron chi connectivity index (χ4n) is 3.58. The van der Waals surface area contributed by atoms with E-state index in [9.17, 15) is 14.4 Å².